The van der Waals surface area contributed by atoms with Crippen molar-refractivity contribution in [2.75, 3.05) is 0 Å². The van der Waals surface area contributed by atoms with Crippen molar-refractivity contribution in [1.29, 1.82) is 0 Å². The number of rotatable bonds is 5. The summed E-state index contributed by atoms with van der Waals surface area (Å²) in [5.74, 6) is 0.0743. The second-order valence-corrected chi connectivity index (χ2v) is 3.77. The molecule has 0 aliphatic carbocycles. The SMILES string of the molecule is C=CC/C=C(\C)C(/C=C/C(C)=O)=C(C)C. The Bertz CT molecular complexity index is 323. The lowest BCUT2D eigenvalue weighted by atomic mass is 10.0. The lowest BCUT2D eigenvalue weighted by Crippen LogP contribution is -1.88. The van der Waals surface area contributed by atoms with E-state index >= 15 is 0 Å². The molecule has 0 radical (unpaired) electrons. The van der Waals surface area contributed by atoms with Crippen molar-refractivity contribution in [2.45, 2.75) is 34.1 Å². The molecule has 0 bridgehead atoms. The van der Waals surface area contributed by atoms with E-state index in [4.69, 9.17) is 0 Å². The van der Waals surface area contributed by atoms with Gasteiger partial charge in [-0.1, -0.05) is 23.8 Å². The van der Waals surface area contributed by atoms with Crippen molar-refractivity contribution >= 4 is 5.78 Å². The molecule has 0 aromatic heterocycles. The van der Waals surface area contributed by atoms with Crippen LogP contribution in [0.1, 0.15) is 34.1 Å². The summed E-state index contributed by atoms with van der Waals surface area (Å²) in [5, 5.41) is 0. The zero-order valence-corrected chi connectivity index (χ0v) is 10.1. The van der Waals surface area contributed by atoms with Gasteiger partial charge < -0.3 is 0 Å². The fourth-order valence-corrected chi connectivity index (χ4v) is 1.26. The molecule has 0 atom stereocenters. The largest absolute Gasteiger partial charge is 0.295 e. The van der Waals surface area contributed by atoms with Gasteiger partial charge in [0.05, 0.1) is 0 Å². The average molecular weight is 204 g/mol. The predicted octanol–water partition coefficient (Wildman–Crippen LogP) is 3.99. The summed E-state index contributed by atoms with van der Waals surface area (Å²) >= 11 is 0. The third-order valence-electron chi connectivity index (χ3n) is 2.04. The Labute approximate surface area is 92.9 Å². The number of carbonyl (C=O) groups is 1. The van der Waals surface area contributed by atoms with Crippen LogP contribution in [0.25, 0.3) is 0 Å². The van der Waals surface area contributed by atoms with Crippen LogP contribution >= 0.6 is 0 Å². The highest BCUT2D eigenvalue weighted by molar-refractivity contribution is 5.87. The molecule has 1 heteroatoms. The number of hydrogen-bond donors (Lipinski definition) is 0. The van der Waals surface area contributed by atoms with Gasteiger partial charge in [-0.25, -0.2) is 0 Å². The molecule has 15 heavy (non-hydrogen) atoms. The van der Waals surface area contributed by atoms with Crippen molar-refractivity contribution in [3.8, 4) is 0 Å². The first-order valence-corrected chi connectivity index (χ1v) is 5.13. The van der Waals surface area contributed by atoms with E-state index in [1.165, 1.54) is 11.1 Å². The van der Waals surface area contributed by atoms with Gasteiger partial charge in [-0.3, -0.25) is 4.79 Å². The van der Waals surface area contributed by atoms with E-state index in [-0.39, 0.29) is 5.78 Å². The van der Waals surface area contributed by atoms with Crippen LogP contribution < -0.4 is 0 Å². The van der Waals surface area contributed by atoms with Crippen LogP contribution in [0.15, 0.2) is 47.6 Å². The molecule has 0 rings (SSSR count). The molecule has 0 N–H and O–H groups in total. The summed E-state index contributed by atoms with van der Waals surface area (Å²) < 4.78 is 0. The van der Waals surface area contributed by atoms with Crippen LogP contribution in [0.3, 0.4) is 0 Å². The summed E-state index contributed by atoms with van der Waals surface area (Å²) in [4.78, 5) is 10.9. The maximum atomic E-state index is 10.9. The lowest BCUT2D eigenvalue weighted by Gasteiger charge is -2.05. The first kappa shape index (κ1) is 13.6. The Balaban J connectivity index is 4.93. The fourth-order valence-electron chi connectivity index (χ4n) is 1.26. The Morgan fingerprint density at radius 3 is 2.13 bits per heavy atom. The Kier molecular flexibility index (Phi) is 6.35. The molecular weight excluding hydrogens is 184 g/mol. The highest BCUT2D eigenvalue weighted by Crippen LogP contribution is 2.16. The van der Waals surface area contributed by atoms with Gasteiger partial charge in [-0.2, -0.15) is 0 Å². The van der Waals surface area contributed by atoms with E-state index in [1.807, 2.05) is 26.0 Å². The molecule has 82 valence electrons. The van der Waals surface area contributed by atoms with Gasteiger partial charge in [-0.05, 0) is 51.3 Å². The van der Waals surface area contributed by atoms with E-state index in [0.29, 0.717) is 0 Å². The molecule has 0 spiro atoms. The van der Waals surface area contributed by atoms with Gasteiger partial charge >= 0.3 is 0 Å². The van der Waals surface area contributed by atoms with Crippen LogP contribution in [0, 0.1) is 0 Å². The van der Waals surface area contributed by atoms with Gasteiger partial charge in [0, 0.05) is 0 Å². The quantitative estimate of drug-likeness (QED) is 0.376. The zero-order valence-electron chi connectivity index (χ0n) is 10.1. The van der Waals surface area contributed by atoms with Gasteiger partial charge in [0.2, 0.25) is 0 Å². The summed E-state index contributed by atoms with van der Waals surface area (Å²) in [7, 11) is 0. The summed E-state index contributed by atoms with van der Waals surface area (Å²) in [6.07, 6.45) is 8.32. The van der Waals surface area contributed by atoms with Crippen LogP contribution in [0.5, 0.6) is 0 Å². The third kappa shape index (κ3) is 5.84. The standard InChI is InChI=1S/C14H20O/c1-6-7-8-12(4)14(11(2)3)10-9-13(5)15/h6,8-10H,1,7H2,2-5H3/b10-9+,12-8+. The molecular formula is C14H20O. The van der Waals surface area contributed by atoms with E-state index in [0.717, 1.165) is 12.0 Å². The molecule has 0 aromatic carbocycles. The monoisotopic (exact) mass is 204 g/mol. The van der Waals surface area contributed by atoms with Gasteiger partial charge in [0.1, 0.15) is 0 Å². The zero-order chi connectivity index (χ0) is 11.8. The minimum Gasteiger partial charge on any atom is -0.295 e. The molecule has 0 unspecified atom stereocenters. The molecule has 0 fully saturated rings. The molecule has 0 saturated heterocycles. The average Bonchev–Trinajstić information content (AvgIpc) is 2.13. The van der Waals surface area contributed by atoms with Gasteiger partial charge in [0.15, 0.2) is 5.78 Å². The normalized spacial score (nSPS) is 11.6. The van der Waals surface area contributed by atoms with E-state index in [9.17, 15) is 4.79 Å². The smallest absolute Gasteiger partial charge is 0.152 e. The van der Waals surface area contributed by atoms with E-state index in [1.54, 1.807) is 13.0 Å². The first-order chi connectivity index (χ1) is 6.99. The minimum atomic E-state index is 0.0743. The number of hydrogen-bond acceptors (Lipinski definition) is 1. The van der Waals surface area contributed by atoms with Gasteiger partial charge in [-0.15, -0.1) is 6.58 Å². The maximum absolute atomic E-state index is 10.9. The van der Waals surface area contributed by atoms with Crippen molar-refractivity contribution in [3.63, 3.8) is 0 Å². The number of ketones is 1. The molecule has 0 aliphatic rings. The summed E-state index contributed by atoms with van der Waals surface area (Å²) in [6, 6.07) is 0. The van der Waals surface area contributed by atoms with Crippen molar-refractivity contribution in [2.24, 2.45) is 0 Å². The van der Waals surface area contributed by atoms with Crippen LogP contribution in [0.4, 0.5) is 0 Å². The second-order valence-electron chi connectivity index (χ2n) is 3.77. The van der Waals surface area contributed by atoms with Gasteiger partial charge in [0.25, 0.3) is 0 Å². The van der Waals surface area contributed by atoms with E-state index < -0.39 is 0 Å². The third-order valence-corrected chi connectivity index (χ3v) is 2.04. The minimum absolute atomic E-state index is 0.0743. The molecule has 0 heterocycles. The van der Waals surface area contributed by atoms with E-state index in [2.05, 4.69) is 19.6 Å². The van der Waals surface area contributed by atoms with Crippen LogP contribution in [-0.4, -0.2) is 5.78 Å². The Morgan fingerprint density at radius 1 is 1.13 bits per heavy atom. The number of allylic oxidation sites excluding steroid dienone is 7. The highest BCUT2D eigenvalue weighted by atomic mass is 16.1. The summed E-state index contributed by atoms with van der Waals surface area (Å²) in [6.45, 7) is 11.4. The first-order valence-electron chi connectivity index (χ1n) is 5.13. The molecule has 1 nitrogen and oxygen atoms in total. The molecule has 0 aromatic rings. The fraction of sp³-hybridized carbons (Fsp3) is 0.357. The number of carbonyl (C=O) groups excluding carboxylic acids is 1. The lowest BCUT2D eigenvalue weighted by molar-refractivity contribution is -0.112. The topological polar surface area (TPSA) is 17.1 Å². The molecule has 0 saturated carbocycles. The van der Waals surface area contributed by atoms with Crippen molar-refractivity contribution < 1.29 is 4.79 Å². The Hall–Kier alpha value is -1.37. The second kappa shape index (κ2) is 6.99. The molecule has 0 aliphatic heterocycles. The predicted molar refractivity (Wildman–Crippen MR) is 66.8 cm³/mol. The highest BCUT2D eigenvalue weighted by Gasteiger charge is 1.98. The Morgan fingerprint density at radius 2 is 1.73 bits per heavy atom. The van der Waals surface area contributed by atoms with Crippen LogP contribution in [-0.2, 0) is 4.79 Å². The van der Waals surface area contributed by atoms with Crippen molar-refractivity contribution in [3.05, 3.63) is 47.6 Å². The molecule has 0 amide bonds. The summed E-state index contributed by atoms with van der Waals surface area (Å²) in [5.41, 5.74) is 3.53. The van der Waals surface area contributed by atoms with Crippen molar-refractivity contribution in [1.82, 2.24) is 0 Å². The maximum Gasteiger partial charge on any atom is 0.152 e. The van der Waals surface area contributed by atoms with Crippen LogP contribution in [0.2, 0.25) is 0 Å².